The van der Waals surface area contributed by atoms with Crippen molar-refractivity contribution < 1.29 is 22.3 Å². The third-order valence-corrected chi connectivity index (χ3v) is 7.94. The molecule has 0 amide bonds. The summed E-state index contributed by atoms with van der Waals surface area (Å²) in [6.07, 6.45) is 4.67. The molecule has 1 nitrogen and oxygen atoms in total. The largest absolute Gasteiger partial charge is 0.493 e. The summed E-state index contributed by atoms with van der Waals surface area (Å²) in [5, 5.41) is 0. The summed E-state index contributed by atoms with van der Waals surface area (Å²) in [6.45, 7) is 7.60. The normalized spacial score (nSPS) is 31.8. The van der Waals surface area contributed by atoms with Crippen molar-refractivity contribution in [1.82, 2.24) is 0 Å². The molecule has 0 saturated carbocycles. The lowest BCUT2D eigenvalue weighted by Gasteiger charge is -2.45. The zero-order valence-electron chi connectivity index (χ0n) is 21.8. The average Bonchev–Trinajstić information content (AvgIpc) is 2.86. The second-order valence-corrected chi connectivity index (χ2v) is 10.9. The molecule has 0 aromatic heterocycles. The van der Waals surface area contributed by atoms with Crippen LogP contribution in [0, 0.1) is 17.3 Å². The Hall–Kier alpha value is -2.30. The van der Waals surface area contributed by atoms with Crippen LogP contribution in [0.15, 0.2) is 70.6 Å². The van der Waals surface area contributed by atoms with Gasteiger partial charge >= 0.3 is 0 Å². The highest BCUT2D eigenvalue weighted by Crippen LogP contribution is 2.53. The van der Waals surface area contributed by atoms with E-state index in [4.69, 9.17) is 4.74 Å². The number of alkyl halides is 3. The fourth-order valence-electron chi connectivity index (χ4n) is 5.85. The number of hydrogen-bond acceptors (Lipinski definition) is 1. The number of halogens is 4. The van der Waals surface area contributed by atoms with Gasteiger partial charge in [0.1, 0.15) is 24.4 Å². The highest BCUT2D eigenvalue weighted by molar-refractivity contribution is 5.54. The lowest BCUT2D eigenvalue weighted by Crippen LogP contribution is -2.47. The zero-order chi connectivity index (χ0) is 26.0. The summed E-state index contributed by atoms with van der Waals surface area (Å²) >= 11 is 0. The standard InChI is InChI=1S/C31H38F4O/c1-5-7-8-10-20-11-13-22(14-12-20)36-18-31(4)16-15-23-24-19(3)17-21(9-6-2)27(32)26(24)29(34)28(33)25(23)30(31)35/h11-17,19,24,28-30H,5-10,18H2,1-4H3. The molecule has 1 aromatic rings. The van der Waals surface area contributed by atoms with Gasteiger partial charge in [0.15, 0.2) is 12.3 Å². The third kappa shape index (κ3) is 4.95. The second kappa shape index (κ2) is 11.0. The van der Waals surface area contributed by atoms with Gasteiger partial charge in [-0.2, -0.15) is 0 Å². The topological polar surface area (TPSA) is 9.23 Å². The average molecular weight is 503 g/mol. The SMILES string of the molecule is CCCCCc1ccc(OCC2(C)C=CC3=C(C(F)C(F)C4=C(F)C(CCC)=CC(C)C34)C2F)cc1. The second-order valence-electron chi connectivity index (χ2n) is 10.9. The van der Waals surface area contributed by atoms with Gasteiger partial charge in [0.25, 0.3) is 0 Å². The molecule has 6 unspecified atom stereocenters. The molecule has 36 heavy (non-hydrogen) atoms. The fourth-order valence-corrected chi connectivity index (χ4v) is 5.85. The quantitative estimate of drug-likeness (QED) is 0.242. The van der Waals surface area contributed by atoms with Crippen LogP contribution in [-0.4, -0.2) is 25.1 Å². The summed E-state index contributed by atoms with van der Waals surface area (Å²) in [5.74, 6) is -0.977. The first-order valence-electron chi connectivity index (χ1n) is 13.4. The van der Waals surface area contributed by atoms with Gasteiger partial charge in [-0.15, -0.1) is 0 Å². The van der Waals surface area contributed by atoms with Gasteiger partial charge in [0, 0.05) is 17.1 Å². The van der Waals surface area contributed by atoms with Crippen LogP contribution in [0.25, 0.3) is 0 Å². The van der Waals surface area contributed by atoms with Crippen LogP contribution in [0.1, 0.15) is 65.4 Å². The number of allylic oxidation sites excluding steroid dienone is 7. The summed E-state index contributed by atoms with van der Waals surface area (Å²) < 4.78 is 68.0. The van der Waals surface area contributed by atoms with Gasteiger partial charge in [0.2, 0.25) is 0 Å². The van der Waals surface area contributed by atoms with E-state index in [9.17, 15) is 0 Å². The Morgan fingerprint density at radius 2 is 1.61 bits per heavy atom. The van der Waals surface area contributed by atoms with Crippen LogP contribution in [0.2, 0.25) is 0 Å². The van der Waals surface area contributed by atoms with Crippen molar-refractivity contribution in [2.45, 2.75) is 84.7 Å². The van der Waals surface area contributed by atoms with Crippen LogP contribution in [-0.2, 0) is 6.42 Å². The Morgan fingerprint density at radius 3 is 2.28 bits per heavy atom. The van der Waals surface area contributed by atoms with E-state index in [1.807, 2.05) is 38.1 Å². The minimum absolute atomic E-state index is 0.0157. The highest BCUT2D eigenvalue weighted by Gasteiger charge is 2.52. The van der Waals surface area contributed by atoms with Crippen molar-refractivity contribution in [1.29, 1.82) is 0 Å². The van der Waals surface area contributed by atoms with Gasteiger partial charge in [0.05, 0.1) is 5.41 Å². The fraction of sp³-hybridized carbons (Fsp3) is 0.548. The zero-order valence-corrected chi connectivity index (χ0v) is 21.8. The van der Waals surface area contributed by atoms with Crippen molar-refractivity contribution in [2.24, 2.45) is 17.3 Å². The van der Waals surface area contributed by atoms with Crippen molar-refractivity contribution in [3.05, 3.63) is 76.2 Å². The van der Waals surface area contributed by atoms with Crippen LogP contribution in [0.5, 0.6) is 5.75 Å². The van der Waals surface area contributed by atoms with Gasteiger partial charge in [-0.05, 0) is 60.9 Å². The van der Waals surface area contributed by atoms with E-state index in [1.165, 1.54) is 18.4 Å². The molecule has 0 saturated heterocycles. The maximum Gasteiger partial charge on any atom is 0.160 e. The number of ether oxygens (including phenoxy) is 1. The van der Waals surface area contributed by atoms with Crippen molar-refractivity contribution in [3.63, 3.8) is 0 Å². The molecule has 6 atom stereocenters. The molecule has 3 aliphatic carbocycles. The van der Waals surface area contributed by atoms with Gasteiger partial charge in [-0.25, -0.2) is 17.6 Å². The van der Waals surface area contributed by atoms with E-state index < -0.39 is 35.7 Å². The molecule has 4 rings (SSSR count). The lowest BCUT2D eigenvalue weighted by molar-refractivity contribution is 0.0919. The Labute approximate surface area is 213 Å². The highest BCUT2D eigenvalue weighted by atomic mass is 19.2. The Balaban J connectivity index is 1.53. The predicted molar refractivity (Wildman–Crippen MR) is 138 cm³/mol. The molecule has 1 aromatic carbocycles. The van der Waals surface area contributed by atoms with E-state index in [2.05, 4.69) is 6.92 Å². The molecule has 0 bridgehead atoms. The molecule has 0 N–H and O–H groups in total. The molecule has 3 aliphatic rings. The summed E-state index contributed by atoms with van der Waals surface area (Å²) in [7, 11) is 0. The molecule has 196 valence electrons. The molecular formula is C31H38F4O. The first kappa shape index (κ1) is 26.8. The van der Waals surface area contributed by atoms with Crippen LogP contribution < -0.4 is 4.74 Å². The maximum absolute atomic E-state index is 16.0. The van der Waals surface area contributed by atoms with Crippen molar-refractivity contribution in [3.8, 4) is 5.75 Å². The van der Waals surface area contributed by atoms with Crippen LogP contribution >= 0.6 is 0 Å². The van der Waals surface area contributed by atoms with Gasteiger partial charge in [-0.1, -0.05) is 70.4 Å². The van der Waals surface area contributed by atoms with Crippen molar-refractivity contribution >= 4 is 0 Å². The molecule has 5 heteroatoms. The number of rotatable bonds is 9. The molecule has 0 aliphatic heterocycles. The van der Waals surface area contributed by atoms with E-state index in [0.29, 0.717) is 29.7 Å². The molecule has 0 fully saturated rings. The molecular weight excluding hydrogens is 464 g/mol. The number of unbranched alkanes of at least 4 members (excludes halogenated alkanes) is 2. The van der Waals surface area contributed by atoms with Gasteiger partial charge in [-0.3, -0.25) is 0 Å². The van der Waals surface area contributed by atoms with Crippen LogP contribution in [0.4, 0.5) is 17.6 Å². The Bertz CT molecular complexity index is 1070. The Kier molecular flexibility index (Phi) is 8.16. The van der Waals surface area contributed by atoms with E-state index >= 15 is 17.6 Å². The third-order valence-electron chi connectivity index (χ3n) is 7.94. The monoisotopic (exact) mass is 502 g/mol. The number of fused-ring (bicyclic) bond motifs is 2. The van der Waals surface area contributed by atoms with Gasteiger partial charge < -0.3 is 4.74 Å². The summed E-state index contributed by atoms with van der Waals surface area (Å²) in [4.78, 5) is 0. The predicted octanol–water partition coefficient (Wildman–Crippen LogP) is 8.91. The van der Waals surface area contributed by atoms with E-state index in [1.54, 1.807) is 25.2 Å². The molecule has 0 heterocycles. The lowest BCUT2D eigenvalue weighted by atomic mass is 9.62. The minimum atomic E-state index is -2.22. The molecule has 0 spiro atoms. The first-order valence-corrected chi connectivity index (χ1v) is 13.4. The van der Waals surface area contributed by atoms with Crippen molar-refractivity contribution in [2.75, 3.05) is 6.61 Å². The maximum atomic E-state index is 16.0. The summed E-state index contributed by atoms with van der Waals surface area (Å²) in [5.41, 5.74) is 0.522. The van der Waals surface area contributed by atoms with E-state index in [0.717, 1.165) is 12.8 Å². The first-order chi connectivity index (χ1) is 17.2. The smallest absolute Gasteiger partial charge is 0.160 e. The molecule has 0 radical (unpaired) electrons. The minimum Gasteiger partial charge on any atom is -0.493 e. The Morgan fingerprint density at radius 1 is 0.917 bits per heavy atom. The number of hydrogen-bond donors (Lipinski definition) is 0. The van der Waals surface area contributed by atoms with E-state index in [-0.39, 0.29) is 23.7 Å². The summed E-state index contributed by atoms with van der Waals surface area (Å²) in [6, 6.07) is 7.76. The number of benzene rings is 1. The van der Waals surface area contributed by atoms with Crippen LogP contribution in [0.3, 0.4) is 0 Å². The number of aryl methyl sites for hydroxylation is 1.